The summed E-state index contributed by atoms with van der Waals surface area (Å²) in [5.74, 6) is -0.176. The first-order chi connectivity index (χ1) is 18.7. The van der Waals surface area contributed by atoms with E-state index < -0.39 is 0 Å². The third kappa shape index (κ3) is 23.1. The largest absolute Gasteiger partial charge is 0.355 e. The molecule has 0 aromatic carbocycles. The Balaban J connectivity index is 0. The van der Waals surface area contributed by atoms with Gasteiger partial charge in [0, 0.05) is 110 Å². The summed E-state index contributed by atoms with van der Waals surface area (Å²) >= 11 is 0. The zero-order chi connectivity index (χ0) is 29.9. The third-order valence-electron chi connectivity index (χ3n) is 5.92. The molecule has 2 amide bonds. The zero-order valence-electron chi connectivity index (χ0n) is 24.9. The van der Waals surface area contributed by atoms with Gasteiger partial charge < -0.3 is 39.6 Å². The average Bonchev–Trinajstić information content (AvgIpc) is 2.91. The Morgan fingerprint density at radius 3 is 1.13 bits per heavy atom. The summed E-state index contributed by atoms with van der Waals surface area (Å²) in [6.45, 7) is 15.4. The number of aldehydes is 4. The van der Waals surface area contributed by atoms with E-state index in [0.717, 1.165) is 25.1 Å². The average molecular weight is 556 g/mol. The molecule has 39 heavy (non-hydrogen) atoms. The predicted octanol–water partition coefficient (Wildman–Crippen LogP) is 1.09. The summed E-state index contributed by atoms with van der Waals surface area (Å²) in [5.41, 5.74) is -0.221. The maximum atomic E-state index is 12.4. The van der Waals surface area contributed by atoms with Gasteiger partial charge in [-0.15, -0.1) is 0 Å². The van der Waals surface area contributed by atoms with Crippen molar-refractivity contribution in [2.24, 2.45) is 0 Å². The van der Waals surface area contributed by atoms with Gasteiger partial charge >= 0.3 is 0 Å². The fourth-order valence-electron chi connectivity index (χ4n) is 3.75. The molecule has 0 radical (unpaired) electrons. The van der Waals surface area contributed by atoms with E-state index in [9.17, 15) is 28.8 Å². The molecule has 0 aliphatic carbocycles. The molecule has 11 heteroatoms. The Morgan fingerprint density at radius 1 is 0.564 bits per heavy atom. The Bertz CT molecular complexity index is 610. The van der Waals surface area contributed by atoms with Crippen LogP contribution in [0.15, 0.2) is 0 Å². The van der Waals surface area contributed by atoms with Crippen molar-refractivity contribution >= 4 is 37.0 Å². The minimum atomic E-state index is -0.221. The van der Waals surface area contributed by atoms with Crippen LogP contribution in [0.4, 0.5) is 0 Å². The van der Waals surface area contributed by atoms with Crippen LogP contribution in [0.3, 0.4) is 0 Å². The van der Waals surface area contributed by atoms with Crippen LogP contribution in [0.25, 0.3) is 0 Å². The molecular weight excluding hydrogens is 502 g/mol. The predicted molar refractivity (Wildman–Crippen MR) is 154 cm³/mol. The lowest BCUT2D eigenvalue weighted by atomic mass is 10.0. The second-order valence-corrected chi connectivity index (χ2v) is 9.86. The van der Waals surface area contributed by atoms with Crippen LogP contribution in [-0.2, 0) is 28.8 Å². The molecule has 0 spiro atoms. The fraction of sp³-hybridized carbons (Fsp3) is 0.786. The van der Waals surface area contributed by atoms with E-state index in [4.69, 9.17) is 0 Å². The number of nitrogens with zero attached hydrogens (tertiary/aromatic N) is 3. The van der Waals surface area contributed by atoms with Crippen LogP contribution in [-0.4, -0.2) is 123 Å². The summed E-state index contributed by atoms with van der Waals surface area (Å²) in [4.78, 5) is 73.3. The number of hydrogen-bond acceptors (Lipinski definition) is 9. The van der Waals surface area contributed by atoms with Gasteiger partial charge in [-0.3, -0.25) is 14.5 Å². The lowest BCUT2D eigenvalue weighted by molar-refractivity contribution is -0.122. The zero-order valence-corrected chi connectivity index (χ0v) is 24.9. The van der Waals surface area contributed by atoms with E-state index >= 15 is 0 Å². The fourth-order valence-corrected chi connectivity index (χ4v) is 3.75. The van der Waals surface area contributed by atoms with Crippen molar-refractivity contribution in [1.82, 2.24) is 25.3 Å². The molecule has 226 valence electrons. The number of carbonyl (C=O) groups excluding carboxylic acids is 6. The second kappa shape index (κ2) is 25.8. The topological polar surface area (TPSA) is 136 Å². The molecule has 2 N–H and O–H groups in total. The van der Waals surface area contributed by atoms with Crippen LogP contribution in [0.2, 0.25) is 0 Å². The van der Waals surface area contributed by atoms with E-state index in [1.807, 2.05) is 44.4 Å². The SMILES string of the molecule is CC.CC(C)(C)N(CCC(=O)NCCN(CCC=O)CCC=O)CCC(=O)NCCN(CCC=O)CCC=O. The first-order valence-corrected chi connectivity index (χ1v) is 14.2. The van der Waals surface area contributed by atoms with Crippen molar-refractivity contribution in [2.45, 2.75) is 78.7 Å². The van der Waals surface area contributed by atoms with E-state index in [1.165, 1.54) is 0 Å². The van der Waals surface area contributed by atoms with E-state index in [2.05, 4.69) is 15.5 Å². The Hall–Kier alpha value is -2.50. The lowest BCUT2D eigenvalue weighted by Gasteiger charge is -2.35. The first-order valence-electron chi connectivity index (χ1n) is 14.2. The van der Waals surface area contributed by atoms with Gasteiger partial charge in [0.2, 0.25) is 11.8 Å². The van der Waals surface area contributed by atoms with Gasteiger partial charge in [0.05, 0.1) is 0 Å². The number of amides is 2. The van der Waals surface area contributed by atoms with Crippen molar-refractivity contribution in [3.05, 3.63) is 0 Å². The summed E-state index contributed by atoms with van der Waals surface area (Å²) in [6.07, 6.45) is 5.51. The molecule has 0 aromatic heterocycles. The van der Waals surface area contributed by atoms with Crippen molar-refractivity contribution in [1.29, 1.82) is 0 Å². The van der Waals surface area contributed by atoms with Crippen LogP contribution in [0.1, 0.15) is 73.1 Å². The highest BCUT2D eigenvalue weighted by molar-refractivity contribution is 5.76. The molecular formula is C28H53N5O6. The Morgan fingerprint density at radius 2 is 0.872 bits per heavy atom. The van der Waals surface area contributed by atoms with Crippen LogP contribution in [0.5, 0.6) is 0 Å². The van der Waals surface area contributed by atoms with Gasteiger partial charge in [-0.2, -0.15) is 0 Å². The van der Waals surface area contributed by atoms with E-state index in [1.54, 1.807) is 0 Å². The second-order valence-electron chi connectivity index (χ2n) is 9.86. The van der Waals surface area contributed by atoms with Gasteiger partial charge in [0.15, 0.2) is 0 Å². The smallest absolute Gasteiger partial charge is 0.221 e. The highest BCUT2D eigenvalue weighted by Crippen LogP contribution is 2.14. The summed E-state index contributed by atoms with van der Waals surface area (Å²) in [5, 5.41) is 5.79. The highest BCUT2D eigenvalue weighted by Gasteiger charge is 2.22. The summed E-state index contributed by atoms with van der Waals surface area (Å²) < 4.78 is 0. The molecule has 0 atom stereocenters. The Kier molecular flexibility index (Phi) is 25.5. The van der Waals surface area contributed by atoms with Crippen molar-refractivity contribution in [3.8, 4) is 0 Å². The molecule has 0 aromatic rings. The van der Waals surface area contributed by atoms with E-state index in [0.29, 0.717) is 104 Å². The van der Waals surface area contributed by atoms with Crippen LogP contribution < -0.4 is 10.6 Å². The molecule has 0 rings (SSSR count). The Labute approximate surface area is 235 Å². The maximum absolute atomic E-state index is 12.4. The number of hydrogen-bond donors (Lipinski definition) is 2. The molecule has 0 saturated heterocycles. The number of rotatable bonds is 24. The monoisotopic (exact) mass is 555 g/mol. The lowest BCUT2D eigenvalue weighted by Crippen LogP contribution is -2.45. The molecule has 11 nitrogen and oxygen atoms in total. The van der Waals surface area contributed by atoms with Crippen LogP contribution in [0, 0.1) is 0 Å². The first kappa shape index (κ1) is 38.6. The number of nitrogens with one attached hydrogen (secondary N) is 2. The van der Waals surface area contributed by atoms with E-state index in [-0.39, 0.29) is 17.4 Å². The molecule has 0 saturated carbocycles. The standard InChI is InChI=1S/C26H47N5O6.C2H6/c1-26(2,3)31(16-8-24(36)27-10-18-29(12-4-20-32)13-5-21-33)17-9-25(37)28-11-19-30(14-6-22-34)15-7-23-35;1-2/h20-23H,4-19H2,1-3H3,(H,27,36)(H,28,37);1-2H3. The van der Waals surface area contributed by atoms with Gasteiger partial charge in [-0.25, -0.2) is 0 Å². The molecule has 0 aliphatic rings. The van der Waals surface area contributed by atoms with Gasteiger partial charge in [-0.1, -0.05) is 13.8 Å². The maximum Gasteiger partial charge on any atom is 0.221 e. The third-order valence-corrected chi connectivity index (χ3v) is 5.92. The molecule has 0 heterocycles. The van der Waals surface area contributed by atoms with Gasteiger partial charge in [0.1, 0.15) is 25.1 Å². The minimum Gasteiger partial charge on any atom is -0.355 e. The molecule has 0 aliphatic heterocycles. The molecule has 0 bridgehead atoms. The molecule has 0 unspecified atom stereocenters. The normalized spacial score (nSPS) is 11.1. The quantitative estimate of drug-likeness (QED) is 0.168. The van der Waals surface area contributed by atoms with Crippen LogP contribution >= 0.6 is 0 Å². The highest BCUT2D eigenvalue weighted by atomic mass is 16.2. The van der Waals surface area contributed by atoms with Crippen molar-refractivity contribution < 1.29 is 28.8 Å². The van der Waals surface area contributed by atoms with Crippen molar-refractivity contribution in [3.63, 3.8) is 0 Å². The van der Waals surface area contributed by atoms with Gasteiger partial charge in [0.25, 0.3) is 0 Å². The summed E-state index contributed by atoms with van der Waals surface area (Å²) in [6, 6.07) is 0. The number of carbonyl (C=O) groups is 6. The van der Waals surface area contributed by atoms with Crippen molar-refractivity contribution in [2.75, 3.05) is 65.4 Å². The van der Waals surface area contributed by atoms with Gasteiger partial charge in [-0.05, 0) is 20.8 Å². The molecule has 0 fully saturated rings. The summed E-state index contributed by atoms with van der Waals surface area (Å²) in [7, 11) is 0. The minimum absolute atomic E-state index is 0.0878.